The van der Waals surface area contributed by atoms with Crippen molar-refractivity contribution in [3.05, 3.63) is 94.9 Å². The molecule has 2 aromatic heterocycles. The zero-order valence-electron chi connectivity index (χ0n) is 20.9. The van der Waals surface area contributed by atoms with Crippen molar-refractivity contribution in [2.24, 2.45) is 0 Å². The third-order valence-corrected chi connectivity index (χ3v) is 8.21. The maximum Gasteiger partial charge on any atom is 0.258 e. The van der Waals surface area contributed by atoms with Crippen molar-refractivity contribution in [1.29, 1.82) is 0 Å². The minimum atomic E-state index is -4.29. The summed E-state index contributed by atoms with van der Waals surface area (Å²) in [7, 11) is -4.29. The Morgan fingerprint density at radius 2 is 1.74 bits per heavy atom. The first kappa shape index (κ1) is 26.3. The molecule has 1 aliphatic heterocycles. The van der Waals surface area contributed by atoms with Crippen LogP contribution in [0.2, 0.25) is 0 Å². The van der Waals surface area contributed by atoms with Gasteiger partial charge in [-0.3, -0.25) is 14.7 Å². The van der Waals surface area contributed by atoms with E-state index in [0.29, 0.717) is 22.9 Å². The Labute approximate surface area is 222 Å². The summed E-state index contributed by atoms with van der Waals surface area (Å²) >= 11 is 0. The Hall–Kier alpha value is -4.36. The second-order valence-electron chi connectivity index (χ2n) is 9.74. The molecule has 0 saturated carbocycles. The molecule has 4 aromatic rings. The average molecular weight is 555 g/mol. The van der Waals surface area contributed by atoms with E-state index in [1.165, 1.54) is 12.3 Å². The summed E-state index contributed by atoms with van der Waals surface area (Å²) in [5.41, 5.74) is 1.06. The van der Waals surface area contributed by atoms with Crippen molar-refractivity contribution in [2.75, 3.05) is 17.2 Å². The summed E-state index contributed by atoms with van der Waals surface area (Å²) in [5, 5.41) is 12.5. The quantitative estimate of drug-likeness (QED) is 0.285. The van der Waals surface area contributed by atoms with Crippen LogP contribution in [0.4, 0.5) is 20.3 Å². The van der Waals surface area contributed by atoms with Crippen molar-refractivity contribution < 1.29 is 26.8 Å². The van der Waals surface area contributed by atoms with Gasteiger partial charge in [0.1, 0.15) is 11.6 Å². The number of hydrogen-bond acceptors (Lipinski definition) is 5. The minimum absolute atomic E-state index is 0.00403. The van der Waals surface area contributed by atoms with Crippen molar-refractivity contribution in [3.8, 4) is 0 Å². The number of H-pyrrole nitrogens is 2. The molecule has 0 spiro atoms. The Kier molecular flexibility index (Phi) is 6.56. The molecule has 0 fully saturated rings. The number of anilines is 2. The maximum atomic E-state index is 13.8. The van der Waals surface area contributed by atoms with E-state index in [4.69, 9.17) is 0 Å². The van der Waals surface area contributed by atoms with Gasteiger partial charge < -0.3 is 15.6 Å². The highest BCUT2D eigenvalue weighted by Crippen LogP contribution is 2.38. The van der Waals surface area contributed by atoms with E-state index in [9.17, 15) is 26.8 Å². The van der Waals surface area contributed by atoms with E-state index in [0.717, 1.165) is 16.4 Å². The van der Waals surface area contributed by atoms with Crippen molar-refractivity contribution in [3.63, 3.8) is 0 Å². The van der Waals surface area contributed by atoms with Gasteiger partial charge in [0.25, 0.3) is 11.8 Å². The molecule has 0 bridgehead atoms. The Balaban J connectivity index is 1.43. The fourth-order valence-corrected chi connectivity index (χ4v) is 6.17. The number of nitrogens with one attached hydrogen (secondary N) is 4. The van der Waals surface area contributed by atoms with Gasteiger partial charge >= 0.3 is 0 Å². The number of carbonyl (C=O) groups is 2. The van der Waals surface area contributed by atoms with Crippen molar-refractivity contribution in [1.82, 2.24) is 19.5 Å². The largest absolute Gasteiger partial charge is 0.367 e. The molecule has 2 amide bonds. The van der Waals surface area contributed by atoms with E-state index in [1.807, 2.05) is 0 Å². The predicted molar refractivity (Wildman–Crippen MR) is 139 cm³/mol. The average Bonchev–Trinajstić information content (AvgIpc) is 3.55. The Morgan fingerprint density at radius 1 is 1.03 bits per heavy atom. The molecule has 39 heavy (non-hydrogen) atoms. The predicted octanol–water partition coefficient (Wildman–Crippen LogP) is 4.00. The molecule has 0 saturated heterocycles. The molecule has 0 radical (unpaired) electrons. The van der Waals surface area contributed by atoms with Gasteiger partial charge in [-0.2, -0.15) is 9.40 Å². The zero-order valence-corrected chi connectivity index (χ0v) is 21.7. The van der Waals surface area contributed by atoms with E-state index < -0.39 is 43.8 Å². The van der Waals surface area contributed by atoms with Gasteiger partial charge in [0, 0.05) is 48.2 Å². The lowest BCUT2D eigenvalue weighted by molar-refractivity contribution is 0.102. The number of aromatic nitrogens is 3. The van der Waals surface area contributed by atoms with Crippen LogP contribution in [0, 0.1) is 11.6 Å². The number of rotatable bonds is 6. The molecule has 5 rings (SSSR count). The third-order valence-electron chi connectivity index (χ3n) is 6.44. The number of amides is 2. The first-order valence-electron chi connectivity index (χ1n) is 11.8. The first-order chi connectivity index (χ1) is 18.5. The summed E-state index contributed by atoms with van der Waals surface area (Å²) < 4.78 is 55.4. The van der Waals surface area contributed by atoms with Gasteiger partial charge in [-0.05, 0) is 30.3 Å². The maximum absolute atomic E-state index is 13.8. The molecule has 0 unspecified atom stereocenters. The second kappa shape index (κ2) is 9.75. The number of para-hydroxylation sites is 1. The number of nitrogens with zero attached hydrogens (tertiary/aromatic N) is 2. The number of hydrogen-bond donors (Lipinski definition) is 4. The highest BCUT2D eigenvalue weighted by Gasteiger charge is 2.41. The number of sulfonamides is 1. The number of halogens is 2. The third kappa shape index (κ3) is 5.05. The lowest BCUT2D eigenvalue weighted by Crippen LogP contribution is -2.45. The zero-order chi connectivity index (χ0) is 27.9. The van der Waals surface area contributed by atoms with Crippen LogP contribution >= 0.6 is 0 Å². The molecule has 4 N–H and O–H groups in total. The van der Waals surface area contributed by atoms with Gasteiger partial charge in [-0.15, -0.1) is 0 Å². The van der Waals surface area contributed by atoms with Crippen LogP contribution in [0.15, 0.2) is 65.8 Å². The van der Waals surface area contributed by atoms with Crippen LogP contribution in [0.25, 0.3) is 0 Å². The highest BCUT2D eigenvalue weighted by atomic mass is 32.2. The Morgan fingerprint density at radius 3 is 2.44 bits per heavy atom. The Bertz CT molecular complexity index is 1660. The lowest BCUT2D eigenvalue weighted by Gasteiger charge is -2.36. The van der Waals surface area contributed by atoms with Crippen LogP contribution in [0.3, 0.4) is 0 Å². The van der Waals surface area contributed by atoms with Gasteiger partial charge in [-0.25, -0.2) is 17.2 Å². The number of carbonyl (C=O) groups excluding carboxylic acids is 2. The highest BCUT2D eigenvalue weighted by molar-refractivity contribution is 7.89. The monoisotopic (exact) mass is 554 g/mol. The summed E-state index contributed by atoms with van der Waals surface area (Å²) in [6.07, 6.45) is 3.12. The number of benzene rings is 2. The molecule has 1 aliphatic rings. The number of aromatic amines is 2. The summed E-state index contributed by atoms with van der Waals surface area (Å²) in [5.74, 6) is -2.92. The van der Waals surface area contributed by atoms with E-state index in [-0.39, 0.29) is 30.2 Å². The SMILES string of the molecule is CC1(C)CN(S(=O)(=O)c2cc(F)cc(F)c2)Cc2c(NC(=O)c3ccccc3NC(=O)c3cc[nH]c3)n[nH]c21. The van der Waals surface area contributed by atoms with Crippen molar-refractivity contribution in [2.45, 2.75) is 30.7 Å². The molecule has 10 nitrogen and oxygen atoms in total. The first-order valence-corrected chi connectivity index (χ1v) is 13.3. The summed E-state index contributed by atoms with van der Waals surface area (Å²) in [4.78, 5) is 28.1. The molecule has 13 heteroatoms. The smallest absolute Gasteiger partial charge is 0.258 e. The van der Waals surface area contributed by atoms with Gasteiger partial charge in [0.15, 0.2) is 5.82 Å². The minimum Gasteiger partial charge on any atom is -0.367 e. The van der Waals surface area contributed by atoms with E-state index in [1.54, 1.807) is 44.3 Å². The van der Waals surface area contributed by atoms with Gasteiger partial charge in [0.2, 0.25) is 10.0 Å². The summed E-state index contributed by atoms with van der Waals surface area (Å²) in [6.45, 7) is 3.38. The standard InChI is InChI=1S/C26H24F2N6O4S/c1-26(2)14-34(39(37,38)18-10-16(27)9-17(28)11-18)13-20-22(26)32-33-23(20)31-25(36)19-5-3-4-6-21(19)30-24(35)15-7-8-29-12-15/h3-12,29H,13-14H2,1-2H3,(H,30,35)(H2,31,32,33,36). The normalized spacial score (nSPS) is 15.0. The fourth-order valence-electron chi connectivity index (χ4n) is 4.56. The van der Waals surface area contributed by atoms with Gasteiger partial charge in [0.05, 0.1) is 21.7 Å². The van der Waals surface area contributed by atoms with E-state index >= 15 is 0 Å². The topological polar surface area (TPSA) is 140 Å². The lowest BCUT2D eigenvalue weighted by atomic mass is 9.84. The molecule has 202 valence electrons. The molecule has 3 heterocycles. The van der Waals surface area contributed by atoms with Crippen LogP contribution < -0.4 is 10.6 Å². The molecule has 0 atom stereocenters. The van der Waals surface area contributed by atoms with Crippen molar-refractivity contribution >= 4 is 33.3 Å². The molecule has 0 aliphatic carbocycles. The van der Waals surface area contributed by atoms with Gasteiger partial charge in [-0.1, -0.05) is 26.0 Å². The fraction of sp³-hybridized carbons (Fsp3) is 0.192. The molecular formula is C26H24F2N6O4S. The second-order valence-corrected chi connectivity index (χ2v) is 11.7. The van der Waals surface area contributed by atoms with Crippen LogP contribution in [-0.4, -0.2) is 46.3 Å². The number of fused-ring (bicyclic) bond motifs is 1. The van der Waals surface area contributed by atoms with E-state index in [2.05, 4.69) is 25.8 Å². The van der Waals surface area contributed by atoms with Crippen LogP contribution in [-0.2, 0) is 22.0 Å². The van der Waals surface area contributed by atoms with Crippen LogP contribution in [0.1, 0.15) is 45.8 Å². The summed E-state index contributed by atoms with van der Waals surface area (Å²) in [6, 6.07) is 10.1. The molecular weight excluding hydrogens is 530 g/mol. The molecule has 2 aromatic carbocycles. The van der Waals surface area contributed by atoms with Crippen LogP contribution in [0.5, 0.6) is 0 Å².